The van der Waals surface area contributed by atoms with E-state index in [1.807, 2.05) is 6.08 Å². The predicted molar refractivity (Wildman–Crippen MR) is 276 cm³/mol. The van der Waals surface area contributed by atoms with Crippen molar-refractivity contribution in [3.05, 3.63) is 139 Å². The highest BCUT2D eigenvalue weighted by atomic mass is 16.3. The Labute approximate surface area is 387 Å². The number of allylic oxidation sites excluding steroid dienone is 21. The number of aliphatic hydroxyl groups is 3. The molecule has 0 bridgehead atoms. The summed E-state index contributed by atoms with van der Waals surface area (Å²) in [6, 6.07) is 0. The maximum atomic E-state index is 12.9. The van der Waals surface area contributed by atoms with Crippen LogP contribution in [0, 0.1) is 0 Å². The second-order valence-electron chi connectivity index (χ2n) is 19.0. The van der Waals surface area contributed by atoms with Crippen LogP contribution in [-0.2, 0) is 4.79 Å². The summed E-state index contributed by atoms with van der Waals surface area (Å²) in [5, 5.41) is 29.8. The van der Waals surface area contributed by atoms with Gasteiger partial charge in [-0.3, -0.25) is 4.79 Å². The van der Waals surface area contributed by atoms with Crippen LogP contribution in [0.3, 0.4) is 0 Å². The van der Waals surface area contributed by atoms with Gasteiger partial charge in [0.25, 0.3) is 0 Å². The summed E-state index contributed by atoms with van der Waals surface area (Å²) in [6.45, 7) is 25.4. The van der Waals surface area contributed by atoms with Crippen LogP contribution in [0.4, 0.5) is 0 Å². The molecule has 352 valence electrons. The van der Waals surface area contributed by atoms with Gasteiger partial charge in [0.2, 0.25) is 0 Å². The van der Waals surface area contributed by atoms with E-state index in [1.165, 1.54) is 68.6 Å². The monoisotopic (exact) mass is 865 g/mol. The molecule has 1 rings (SSSR count). The van der Waals surface area contributed by atoms with Crippen LogP contribution in [0.1, 0.15) is 205 Å². The number of carbonyl (C=O) groups excluding carboxylic acids is 1. The number of hydrogen-bond acceptors (Lipinski definition) is 4. The Morgan fingerprint density at radius 3 is 0.889 bits per heavy atom. The summed E-state index contributed by atoms with van der Waals surface area (Å²) in [5.74, 6) is -0.271. The minimum absolute atomic E-state index is 0.121. The summed E-state index contributed by atoms with van der Waals surface area (Å²) >= 11 is 0. The van der Waals surface area contributed by atoms with Crippen molar-refractivity contribution in [2.24, 2.45) is 0 Å². The van der Waals surface area contributed by atoms with Crippen LogP contribution in [0.2, 0.25) is 0 Å². The zero-order chi connectivity index (χ0) is 47.2. The molecule has 1 aliphatic rings. The van der Waals surface area contributed by atoms with Gasteiger partial charge in [0.1, 0.15) is 0 Å². The number of aliphatic hydroxyl groups excluding tert-OH is 3. The highest BCUT2D eigenvalue weighted by Crippen LogP contribution is 2.30. The third-order valence-electron chi connectivity index (χ3n) is 12.5. The summed E-state index contributed by atoms with van der Waals surface area (Å²) in [7, 11) is 0. The van der Waals surface area contributed by atoms with Crippen molar-refractivity contribution in [1.29, 1.82) is 0 Å². The lowest BCUT2D eigenvalue weighted by Gasteiger charge is -2.26. The van der Waals surface area contributed by atoms with Gasteiger partial charge in [0.05, 0.1) is 19.3 Å². The van der Waals surface area contributed by atoms with E-state index in [0.717, 1.165) is 103 Å². The van der Waals surface area contributed by atoms with Gasteiger partial charge in [-0.05, 0) is 216 Å². The fraction of sp³-hybridized carbons (Fsp3) is 0.576. The van der Waals surface area contributed by atoms with Crippen LogP contribution in [-0.4, -0.2) is 40.4 Å². The van der Waals surface area contributed by atoms with E-state index in [9.17, 15) is 20.1 Å². The van der Waals surface area contributed by atoms with Crippen LogP contribution in [0.5, 0.6) is 0 Å². The number of hydrogen-bond donors (Lipinski definition) is 3. The zero-order valence-corrected chi connectivity index (χ0v) is 42.4. The lowest BCUT2D eigenvalue weighted by Crippen LogP contribution is -2.29. The van der Waals surface area contributed by atoms with E-state index in [-0.39, 0.29) is 16.9 Å². The van der Waals surface area contributed by atoms with Crippen LogP contribution < -0.4 is 0 Å². The third kappa shape index (κ3) is 26.7. The molecular weight excluding hydrogens is 773 g/mol. The third-order valence-corrected chi connectivity index (χ3v) is 12.5. The van der Waals surface area contributed by atoms with E-state index >= 15 is 0 Å². The minimum atomic E-state index is -1.02. The van der Waals surface area contributed by atoms with E-state index in [4.69, 9.17) is 0 Å². The molecule has 0 aromatic rings. The molecule has 0 aliphatic heterocycles. The second kappa shape index (κ2) is 33.9. The fourth-order valence-corrected chi connectivity index (χ4v) is 7.86. The van der Waals surface area contributed by atoms with Crippen molar-refractivity contribution < 1.29 is 20.1 Å². The summed E-state index contributed by atoms with van der Waals surface area (Å²) in [5.41, 5.74) is 15.9. The van der Waals surface area contributed by atoms with Gasteiger partial charge in [-0.25, -0.2) is 0 Å². The topological polar surface area (TPSA) is 77.8 Å². The Balaban J connectivity index is 2.30. The van der Waals surface area contributed by atoms with Gasteiger partial charge < -0.3 is 15.3 Å². The first-order valence-corrected chi connectivity index (χ1v) is 24.4. The maximum absolute atomic E-state index is 12.9. The lowest BCUT2D eigenvalue weighted by atomic mass is 9.82. The molecule has 1 atom stereocenters. The Morgan fingerprint density at radius 2 is 0.651 bits per heavy atom. The summed E-state index contributed by atoms with van der Waals surface area (Å²) < 4.78 is 0. The van der Waals surface area contributed by atoms with Crippen LogP contribution in [0.25, 0.3) is 0 Å². The normalized spacial score (nSPS) is 17.2. The second-order valence-corrected chi connectivity index (χ2v) is 19.0. The van der Waals surface area contributed by atoms with Gasteiger partial charge in [-0.15, -0.1) is 0 Å². The average molecular weight is 865 g/mol. The van der Waals surface area contributed by atoms with Crippen molar-refractivity contribution in [1.82, 2.24) is 0 Å². The van der Waals surface area contributed by atoms with Crippen molar-refractivity contribution in [3.63, 3.8) is 0 Å². The minimum Gasteiger partial charge on any atom is -0.392 e. The molecule has 0 fully saturated rings. The molecule has 0 radical (unpaired) electrons. The Bertz CT molecular complexity index is 1800. The average Bonchev–Trinajstić information content (AvgIpc) is 3.21. The van der Waals surface area contributed by atoms with Crippen molar-refractivity contribution in [3.8, 4) is 0 Å². The molecule has 63 heavy (non-hydrogen) atoms. The van der Waals surface area contributed by atoms with Crippen molar-refractivity contribution >= 4 is 5.78 Å². The van der Waals surface area contributed by atoms with Crippen molar-refractivity contribution in [2.45, 2.75) is 211 Å². The molecule has 0 aromatic carbocycles. The number of ketones is 1. The summed E-state index contributed by atoms with van der Waals surface area (Å²) in [6.07, 6.45) is 43.1. The molecule has 4 heteroatoms. The molecule has 0 aromatic heterocycles. The first-order chi connectivity index (χ1) is 30.0. The molecule has 1 aliphatic carbocycles. The maximum Gasteiger partial charge on any atom is 0.187 e. The molecular formula is C59H92O4. The quantitative estimate of drug-likeness (QED) is 0.0607. The molecule has 0 amide bonds. The number of carbonyl (C=O) groups is 1. The van der Waals surface area contributed by atoms with Gasteiger partial charge in [-0.2, -0.15) is 0 Å². The molecule has 4 nitrogen and oxygen atoms in total. The van der Waals surface area contributed by atoms with Gasteiger partial charge in [-0.1, -0.05) is 116 Å². The Kier molecular flexibility index (Phi) is 30.9. The van der Waals surface area contributed by atoms with Crippen LogP contribution >= 0.6 is 0 Å². The standard InChI is InChI=1S/C59H92O4/c1-44(2)22-13-23-45(3)24-14-25-46(4)26-15-27-47(5)28-16-29-48(6)30-17-31-49(7)32-18-33-50(8)34-19-35-51(9)36-20-37-52(10)38-21-39-53(11)40-41-55-54(12)58(62)56(42-60)57(43-61)59(55)63/h22,24,26,28,30,32,34,36,38,40,58,60-62H,13-21,23,25,27,29,31,33,35,37,39,41-43H2,1-12H3. The van der Waals surface area contributed by atoms with Gasteiger partial charge in [0.15, 0.2) is 5.78 Å². The fourth-order valence-electron chi connectivity index (χ4n) is 7.86. The summed E-state index contributed by atoms with van der Waals surface area (Å²) in [4.78, 5) is 12.9. The van der Waals surface area contributed by atoms with Gasteiger partial charge >= 0.3 is 0 Å². The molecule has 0 heterocycles. The largest absolute Gasteiger partial charge is 0.392 e. The predicted octanol–water partition coefficient (Wildman–Crippen LogP) is 16.4. The van der Waals surface area contributed by atoms with E-state index in [0.29, 0.717) is 17.6 Å². The highest BCUT2D eigenvalue weighted by molar-refractivity contribution is 6.11. The number of Topliss-reactive ketones (excluding diaryl/α,β-unsaturated/α-hetero) is 1. The van der Waals surface area contributed by atoms with Crippen LogP contribution in [0.15, 0.2) is 139 Å². The Morgan fingerprint density at radius 1 is 0.397 bits per heavy atom. The SMILES string of the molecule is CC(C)=CCCC(C)=CCCC(C)=CCCC(C)=CCCC(C)=CCCC(C)=CCCC(C)=CCCC(C)=CCCC(C)=CCCC(C)=CCC1=C(C)C(O)C(CO)=C(CO)C1=O. The van der Waals surface area contributed by atoms with E-state index in [1.54, 1.807) is 6.92 Å². The van der Waals surface area contributed by atoms with Crippen molar-refractivity contribution in [2.75, 3.05) is 13.2 Å². The first-order valence-electron chi connectivity index (χ1n) is 24.4. The molecule has 0 spiro atoms. The van der Waals surface area contributed by atoms with E-state index in [2.05, 4.69) is 131 Å². The lowest BCUT2D eigenvalue weighted by molar-refractivity contribution is -0.113. The molecule has 1 unspecified atom stereocenters. The van der Waals surface area contributed by atoms with Gasteiger partial charge in [0, 0.05) is 11.1 Å². The smallest absolute Gasteiger partial charge is 0.187 e. The zero-order valence-electron chi connectivity index (χ0n) is 42.4. The molecule has 0 saturated heterocycles. The van der Waals surface area contributed by atoms with E-state index < -0.39 is 19.3 Å². The highest BCUT2D eigenvalue weighted by Gasteiger charge is 2.31. The first kappa shape index (κ1) is 57.4. The molecule has 3 N–H and O–H groups in total. The number of rotatable bonds is 31. The molecule has 0 saturated carbocycles. The Hall–Kier alpha value is -3.57.